The monoisotopic (exact) mass is 443 g/mol. The van der Waals surface area contributed by atoms with Crippen molar-refractivity contribution in [1.82, 2.24) is 5.32 Å². The number of piperidine rings is 1. The van der Waals surface area contributed by atoms with Gasteiger partial charge in [0.05, 0.1) is 25.0 Å². The van der Waals surface area contributed by atoms with Crippen molar-refractivity contribution in [3.8, 4) is 5.75 Å². The van der Waals surface area contributed by atoms with Crippen LogP contribution >= 0.6 is 0 Å². The first-order valence-corrected chi connectivity index (χ1v) is 11.7. The van der Waals surface area contributed by atoms with Gasteiger partial charge in [0, 0.05) is 19.5 Å². The maximum Gasteiger partial charge on any atom is 0.414 e. The molecule has 0 unspecified atom stereocenters. The molecule has 2 heterocycles. The van der Waals surface area contributed by atoms with Crippen molar-refractivity contribution < 1.29 is 31.3 Å². The number of hydrogen-bond donors (Lipinski definition) is 1. The lowest BCUT2D eigenvalue weighted by molar-refractivity contribution is -0.121. The zero-order valence-electron chi connectivity index (χ0n) is 17.0. The van der Waals surface area contributed by atoms with Crippen LogP contribution in [-0.2, 0) is 19.6 Å². The fourth-order valence-corrected chi connectivity index (χ4v) is 4.03. The van der Waals surface area contributed by atoms with Crippen molar-refractivity contribution in [3.05, 3.63) is 17.9 Å². The number of halogens is 1. The zero-order chi connectivity index (χ0) is 21.9. The molecule has 1 atom stereocenters. The smallest absolute Gasteiger partial charge is 0.414 e. The Labute approximate surface area is 175 Å². The minimum Gasteiger partial charge on any atom is -0.442 e. The lowest BCUT2D eigenvalue weighted by Gasteiger charge is -2.32. The molecule has 2 aliphatic heterocycles. The van der Waals surface area contributed by atoms with Gasteiger partial charge in [-0.15, -0.1) is 0 Å². The van der Waals surface area contributed by atoms with Gasteiger partial charge in [-0.2, -0.15) is 8.42 Å². The summed E-state index contributed by atoms with van der Waals surface area (Å²) in [5, 5.41) is 2.68. The Bertz CT molecular complexity index is 917. The Morgan fingerprint density at radius 1 is 1.30 bits per heavy atom. The van der Waals surface area contributed by atoms with Gasteiger partial charge in [-0.05, 0) is 31.4 Å². The van der Waals surface area contributed by atoms with Crippen molar-refractivity contribution in [1.29, 1.82) is 0 Å². The van der Waals surface area contributed by atoms with Gasteiger partial charge >= 0.3 is 16.2 Å². The number of rotatable bonds is 7. The lowest BCUT2D eigenvalue weighted by atomic mass is 10.1. The van der Waals surface area contributed by atoms with Gasteiger partial charge in [-0.25, -0.2) is 9.18 Å². The van der Waals surface area contributed by atoms with E-state index < -0.39 is 33.9 Å². The van der Waals surface area contributed by atoms with Crippen molar-refractivity contribution in [2.75, 3.05) is 42.2 Å². The Kier molecular flexibility index (Phi) is 6.69. The van der Waals surface area contributed by atoms with Crippen LogP contribution in [0.4, 0.5) is 20.6 Å². The Hall–Kier alpha value is -2.56. The molecule has 2 saturated heterocycles. The van der Waals surface area contributed by atoms with Crippen LogP contribution in [0.5, 0.6) is 5.75 Å². The average Bonchev–Trinajstić information content (AvgIpc) is 3.07. The number of nitrogens with one attached hydrogen (secondary N) is 1. The second-order valence-electron chi connectivity index (χ2n) is 7.35. The molecule has 1 aromatic rings. The summed E-state index contributed by atoms with van der Waals surface area (Å²) in [5.41, 5.74) is 0.399. The SMILES string of the molecule is CCC(=O)NC[C@H]1CN(c2ccc(OS(C)(=O)=O)c(F)c2N2CCCCC2)C(=O)O1. The molecule has 0 radical (unpaired) electrons. The molecule has 0 spiro atoms. The number of carbonyl (C=O) groups is 2. The van der Waals surface area contributed by atoms with Crippen LogP contribution in [-0.4, -0.2) is 59.0 Å². The van der Waals surface area contributed by atoms with E-state index in [1.54, 1.807) is 11.8 Å². The third-order valence-corrected chi connectivity index (χ3v) is 5.47. The quantitative estimate of drug-likeness (QED) is 0.643. The number of amides is 2. The van der Waals surface area contributed by atoms with Gasteiger partial charge in [-0.1, -0.05) is 6.92 Å². The summed E-state index contributed by atoms with van der Waals surface area (Å²) in [5.74, 6) is -1.41. The third-order valence-electron chi connectivity index (χ3n) is 4.99. The van der Waals surface area contributed by atoms with Crippen LogP contribution in [0.25, 0.3) is 0 Å². The van der Waals surface area contributed by atoms with E-state index in [1.165, 1.54) is 17.0 Å². The van der Waals surface area contributed by atoms with Gasteiger partial charge < -0.3 is 19.1 Å². The number of anilines is 2. The molecule has 2 aliphatic rings. The first-order chi connectivity index (χ1) is 14.2. The van der Waals surface area contributed by atoms with Crippen LogP contribution in [0.15, 0.2) is 12.1 Å². The number of hydrogen-bond acceptors (Lipinski definition) is 7. The van der Waals surface area contributed by atoms with E-state index in [9.17, 15) is 18.0 Å². The zero-order valence-corrected chi connectivity index (χ0v) is 17.8. The van der Waals surface area contributed by atoms with Crippen molar-refractivity contribution in [2.45, 2.75) is 38.7 Å². The molecule has 2 amide bonds. The molecular formula is C19H26FN3O6S. The summed E-state index contributed by atoms with van der Waals surface area (Å²) in [7, 11) is -3.92. The molecule has 1 aromatic carbocycles. The largest absolute Gasteiger partial charge is 0.442 e. The highest BCUT2D eigenvalue weighted by molar-refractivity contribution is 7.86. The molecular weight excluding hydrogens is 417 g/mol. The minimum absolute atomic E-state index is 0.117. The Morgan fingerprint density at radius 2 is 2.00 bits per heavy atom. The second kappa shape index (κ2) is 9.07. The summed E-state index contributed by atoms with van der Waals surface area (Å²) in [6.07, 6.45) is 2.65. The summed E-state index contributed by atoms with van der Waals surface area (Å²) in [4.78, 5) is 27.1. The van der Waals surface area contributed by atoms with Gasteiger partial charge in [0.15, 0.2) is 11.6 Å². The second-order valence-corrected chi connectivity index (χ2v) is 8.93. The summed E-state index contributed by atoms with van der Waals surface area (Å²) in [6, 6.07) is 2.65. The topological polar surface area (TPSA) is 105 Å². The van der Waals surface area contributed by atoms with E-state index in [-0.39, 0.29) is 30.4 Å². The van der Waals surface area contributed by atoms with E-state index in [0.717, 1.165) is 25.5 Å². The van der Waals surface area contributed by atoms with Crippen molar-refractivity contribution in [2.24, 2.45) is 0 Å². The maximum absolute atomic E-state index is 15.4. The molecule has 0 saturated carbocycles. The van der Waals surface area contributed by atoms with Crippen LogP contribution < -0.4 is 19.3 Å². The predicted octanol–water partition coefficient (Wildman–Crippen LogP) is 2.01. The summed E-state index contributed by atoms with van der Waals surface area (Å²) in [6.45, 7) is 3.16. The first-order valence-electron chi connectivity index (χ1n) is 9.91. The number of cyclic esters (lactones) is 1. The molecule has 2 fully saturated rings. The number of nitrogens with zero attached hydrogens (tertiary/aromatic N) is 2. The van der Waals surface area contributed by atoms with Gasteiger partial charge in [-0.3, -0.25) is 9.69 Å². The van der Waals surface area contributed by atoms with Crippen LogP contribution in [0.2, 0.25) is 0 Å². The van der Waals surface area contributed by atoms with Gasteiger partial charge in [0.1, 0.15) is 11.8 Å². The van der Waals surface area contributed by atoms with Gasteiger partial charge in [0.25, 0.3) is 0 Å². The molecule has 11 heteroatoms. The molecule has 166 valence electrons. The first kappa shape index (κ1) is 22.1. The molecule has 1 N–H and O–H groups in total. The Morgan fingerprint density at radius 3 is 2.63 bits per heavy atom. The van der Waals surface area contributed by atoms with E-state index in [0.29, 0.717) is 19.5 Å². The molecule has 0 bridgehead atoms. The number of ether oxygens (including phenoxy) is 1. The van der Waals surface area contributed by atoms with E-state index in [2.05, 4.69) is 5.32 Å². The van der Waals surface area contributed by atoms with Gasteiger partial charge in [0.2, 0.25) is 5.91 Å². The van der Waals surface area contributed by atoms with Crippen LogP contribution in [0.3, 0.4) is 0 Å². The van der Waals surface area contributed by atoms with Crippen molar-refractivity contribution >= 4 is 33.5 Å². The number of carbonyl (C=O) groups excluding carboxylic acids is 2. The molecule has 0 aliphatic carbocycles. The highest BCUT2D eigenvalue weighted by Gasteiger charge is 2.36. The highest BCUT2D eigenvalue weighted by Crippen LogP contribution is 2.40. The summed E-state index contributed by atoms with van der Waals surface area (Å²) >= 11 is 0. The standard InChI is InChI=1S/C19H26FN3O6S/c1-3-16(24)21-11-13-12-23(19(25)28-13)14-7-8-15(29-30(2,26)27)17(20)18(14)22-9-5-4-6-10-22/h7-8,13H,3-6,9-12H2,1-2H3,(H,21,24)/t13-/m0/s1. The minimum atomic E-state index is -3.92. The maximum atomic E-state index is 15.4. The molecule has 3 rings (SSSR count). The lowest BCUT2D eigenvalue weighted by Crippen LogP contribution is -2.35. The molecule has 9 nitrogen and oxygen atoms in total. The van der Waals surface area contributed by atoms with E-state index >= 15 is 4.39 Å². The normalized spacial score (nSPS) is 19.6. The summed E-state index contributed by atoms with van der Waals surface area (Å²) < 4.78 is 48.5. The van der Waals surface area contributed by atoms with Crippen molar-refractivity contribution in [3.63, 3.8) is 0 Å². The fourth-order valence-electron chi connectivity index (χ4n) is 3.58. The molecule has 0 aromatic heterocycles. The van der Waals surface area contributed by atoms with E-state index in [1.807, 2.05) is 0 Å². The van der Waals surface area contributed by atoms with Crippen LogP contribution in [0, 0.1) is 5.82 Å². The average molecular weight is 443 g/mol. The predicted molar refractivity (Wildman–Crippen MR) is 109 cm³/mol. The number of benzene rings is 1. The third kappa shape index (κ3) is 5.13. The van der Waals surface area contributed by atoms with Crippen LogP contribution in [0.1, 0.15) is 32.6 Å². The molecule has 30 heavy (non-hydrogen) atoms. The Balaban J connectivity index is 1.92. The fraction of sp³-hybridized carbons (Fsp3) is 0.579. The highest BCUT2D eigenvalue weighted by atomic mass is 32.2. The van der Waals surface area contributed by atoms with E-state index in [4.69, 9.17) is 8.92 Å².